The minimum atomic E-state index is -0.561. The number of hydrazine groups is 1. The fourth-order valence-electron chi connectivity index (χ4n) is 3.37. The first-order valence-electron chi connectivity index (χ1n) is 6.98. The molecule has 0 aliphatic heterocycles. The molecule has 0 amide bonds. The molecule has 20 heavy (non-hydrogen) atoms. The number of hydrogen-bond donors (Lipinski definition) is 2. The van der Waals surface area contributed by atoms with Gasteiger partial charge in [-0.15, -0.1) is 0 Å². The summed E-state index contributed by atoms with van der Waals surface area (Å²) in [6.45, 7) is 4.30. The molecule has 112 valence electrons. The lowest BCUT2D eigenvalue weighted by Gasteiger charge is -2.43. The Morgan fingerprint density at radius 3 is 2.65 bits per heavy atom. The van der Waals surface area contributed by atoms with Crippen LogP contribution in [0.2, 0.25) is 0 Å². The molecular formula is C15H21BrF2N2. The van der Waals surface area contributed by atoms with Gasteiger partial charge in [0.25, 0.3) is 0 Å². The van der Waals surface area contributed by atoms with Crippen LogP contribution in [0.25, 0.3) is 0 Å². The van der Waals surface area contributed by atoms with E-state index in [0.29, 0.717) is 0 Å². The van der Waals surface area contributed by atoms with Crippen LogP contribution in [0, 0.1) is 23.0 Å². The second kappa shape index (κ2) is 6.08. The zero-order valence-electron chi connectivity index (χ0n) is 11.8. The van der Waals surface area contributed by atoms with Gasteiger partial charge < -0.3 is 0 Å². The predicted octanol–water partition coefficient (Wildman–Crippen LogP) is 4.45. The summed E-state index contributed by atoms with van der Waals surface area (Å²) in [6.07, 6.45) is 4.20. The van der Waals surface area contributed by atoms with Crippen molar-refractivity contribution in [1.82, 2.24) is 5.43 Å². The van der Waals surface area contributed by atoms with Gasteiger partial charge in [-0.25, -0.2) is 8.78 Å². The molecule has 1 aliphatic rings. The molecule has 0 heterocycles. The molecule has 1 aromatic carbocycles. The van der Waals surface area contributed by atoms with Crippen LogP contribution in [0.1, 0.15) is 51.1 Å². The smallest absolute Gasteiger partial charge is 0.145 e. The molecule has 0 bridgehead atoms. The molecule has 0 saturated heterocycles. The minimum absolute atomic E-state index is 0.0104. The molecular weight excluding hydrogens is 326 g/mol. The summed E-state index contributed by atoms with van der Waals surface area (Å²) in [5, 5.41) is 0. The maximum Gasteiger partial charge on any atom is 0.145 e. The number of hydrogen-bond acceptors (Lipinski definition) is 2. The van der Waals surface area contributed by atoms with Gasteiger partial charge in [-0.1, -0.05) is 26.7 Å². The monoisotopic (exact) mass is 346 g/mol. The van der Waals surface area contributed by atoms with Crippen LogP contribution in [0.15, 0.2) is 16.6 Å². The maximum absolute atomic E-state index is 14.3. The van der Waals surface area contributed by atoms with Crippen molar-refractivity contribution in [1.29, 1.82) is 0 Å². The molecule has 1 saturated carbocycles. The summed E-state index contributed by atoms with van der Waals surface area (Å²) in [7, 11) is 0. The van der Waals surface area contributed by atoms with Crippen LogP contribution in [0.3, 0.4) is 0 Å². The summed E-state index contributed by atoms with van der Waals surface area (Å²) >= 11 is 3.12. The zero-order chi connectivity index (χ0) is 14.9. The summed E-state index contributed by atoms with van der Waals surface area (Å²) in [4.78, 5) is 0. The van der Waals surface area contributed by atoms with E-state index in [2.05, 4.69) is 35.2 Å². The van der Waals surface area contributed by atoms with Gasteiger partial charge in [-0.3, -0.25) is 11.3 Å². The van der Waals surface area contributed by atoms with Crippen LogP contribution in [-0.2, 0) is 0 Å². The Kier molecular flexibility index (Phi) is 4.82. The number of benzene rings is 1. The second-order valence-electron chi connectivity index (χ2n) is 6.24. The minimum Gasteiger partial charge on any atom is -0.271 e. The molecule has 5 heteroatoms. The molecule has 0 aromatic heterocycles. The lowest BCUT2D eigenvalue weighted by Crippen LogP contribution is -2.42. The van der Waals surface area contributed by atoms with Crippen molar-refractivity contribution in [2.75, 3.05) is 0 Å². The average Bonchev–Trinajstić information content (AvgIpc) is 2.40. The molecule has 3 N–H and O–H groups in total. The fraction of sp³-hybridized carbons (Fsp3) is 0.600. The van der Waals surface area contributed by atoms with Crippen LogP contribution in [0.5, 0.6) is 0 Å². The van der Waals surface area contributed by atoms with Crippen molar-refractivity contribution in [2.24, 2.45) is 17.2 Å². The lowest BCUT2D eigenvalue weighted by molar-refractivity contribution is 0.0952. The van der Waals surface area contributed by atoms with Crippen LogP contribution in [-0.4, -0.2) is 0 Å². The van der Waals surface area contributed by atoms with E-state index in [-0.39, 0.29) is 21.4 Å². The van der Waals surface area contributed by atoms with Crippen molar-refractivity contribution in [2.45, 2.75) is 45.6 Å². The van der Waals surface area contributed by atoms with Crippen molar-refractivity contribution >= 4 is 15.9 Å². The summed E-state index contributed by atoms with van der Waals surface area (Å²) in [5.74, 6) is 4.65. The van der Waals surface area contributed by atoms with E-state index in [1.807, 2.05) is 0 Å². The fourth-order valence-corrected chi connectivity index (χ4v) is 3.71. The third kappa shape index (κ3) is 2.90. The quantitative estimate of drug-likeness (QED) is 0.482. The maximum atomic E-state index is 14.3. The van der Waals surface area contributed by atoms with E-state index in [1.165, 1.54) is 12.1 Å². The summed E-state index contributed by atoms with van der Waals surface area (Å²) in [5.41, 5.74) is 2.71. The molecule has 2 unspecified atom stereocenters. The van der Waals surface area contributed by atoms with Crippen molar-refractivity contribution in [3.05, 3.63) is 33.8 Å². The SMILES string of the molecule is CC1(C)CCCCC1C(NN)c1c(F)ccc(Br)c1F. The molecule has 2 nitrogen and oxygen atoms in total. The third-order valence-electron chi connectivity index (χ3n) is 4.56. The van der Waals surface area contributed by atoms with E-state index in [1.54, 1.807) is 0 Å². The van der Waals surface area contributed by atoms with Gasteiger partial charge in [0.1, 0.15) is 11.6 Å². The molecule has 1 aliphatic carbocycles. The zero-order valence-corrected chi connectivity index (χ0v) is 13.4. The van der Waals surface area contributed by atoms with E-state index in [9.17, 15) is 8.78 Å². The van der Waals surface area contributed by atoms with Gasteiger partial charge in [0, 0.05) is 5.56 Å². The first-order chi connectivity index (χ1) is 9.38. The number of halogens is 3. The Labute approximate surface area is 127 Å². The van der Waals surface area contributed by atoms with E-state index in [0.717, 1.165) is 25.7 Å². The number of nitrogens with two attached hydrogens (primary N) is 1. The van der Waals surface area contributed by atoms with Gasteiger partial charge in [-0.05, 0) is 52.2 Å². The molecule has 0 spiro atoms. The summed E-state index contributed by atoms with van der Waals surface area (Å²) < 4.78 is 28.7. The third-order valence-corrected chi connectivity index (χ3v) is 5.17. The molecule has 1 aromatic rings. The predicted molar refractivity (Wildman–Crippen MR) is 79.9 cm³/mol. The standard InChI is InChI=1S/C15H21BrF2N2/c1-15(2)8-4-3-5-9(15)14(20-19)12-11(17)7-6-10(16)13(12)18/h6-7,9,14,20H,3-5,8,19H2,1-2H3. The number of nitrogens with one attached hydrogen (secondary N) is 1. The highest BCUT2D eigenvalue weighted by Gasteiger charge is 2.40. The Morgan fingerprint density at radius 2 is 2.05 bits per heavy atom. The largest absolute Gasteiger partial charge is 0.271 e. The highest BCUT2D eigenvalue weighted by Crippen LogP contribution is 2.47. The molecule has 0 radical (unpaired) electrons. The molecule has 2 rings (SSSR count). The van der Waals surface area contributed by atoms with Gasteiger partial charge >= 0.3 is 0 Å². The highest BCUT2D eigenvalue weighted by atomic mass is 79.9. The first-order valence-corrected chi connectivity index (χ1v) is 7.77. The topological polar surface area (TPSA) is 38.0 Å². The molecule has 1 fully saturated rings. The Hall–Kier alpha value is -0.520. The van der Waals surface area contributed by atoms with Crippen LogP contribution >= 0.6 is 15.9 Å². The van der Waals surface area contributed by atoms with Gasteiger partial charge in [0.05, 0.1) is 10.5 Å². The van der Waals surface area contributed by atoms with Gasteiger partial charge in [0.15, 0.2) is 0 Å². The number of rotatable bonds is 3. The first kappa shape index (κ1) is 15.9. The normalized spacial score (nSPS) is 23.6. The van der Waals surface area contributed by atoms with E-state index < -0.39 is 17.7 Å². The Bertz CT molecular complexity index is 491. The average molecular weight is 347 g/mol. The molecule has 2 atom stereocenters. The van der Waals surface area contributed by atoms with Crippen molar-refractivity contribution < 1.29 is 8.78 Å². The highest BCUT2D eigenvalue weighted by molar-refractivity contribution is 9.10. The van der Waals surface area contributed by atoms with Gasteiger partial charge in [-0.2, -0.15) is 0 Å². The van der Waals surface area contributed by atoms with Gasteiger partial charge in [0.2, 0.25) is 0 Å². The van der Waals surface area contributed by atoms with Crippen molar-refractivity contribution in [3.63, 3.8) is 0 Å². The van der Waals surface area contributed by atoms with E-state index in [4.69, 9.17) is 5.84 Å². The second-order valence-corrected chi connectivity index (χ2v) is 7.10. The van der Waals surface area contributed by atoms with E-state index >= 15 is 0 Å². The Morgan fingerprint density at radius 1 is 1.35 bits per heavy atom. The van der Waals surface area contributed by atoms with Crippen LogP contribution < -0.4 is 11.3 Å². The summed E-state index contributed by atoms with van der Waals surface area (Å²) in [6, 6.07) is 2.15. The van der Waals surface area contributed by atoms with Crippen molar-refractivity contribution in [3.8, 4) is 0 Å². The van der Waals surface area contributed by atoms with Crippen LogP contribution in [0.4, 0.5) is 8.78 Å². The lowest BCUT2D eigenvalue weighted by atomic mass is 9.65. The Balaban J connectivity index is 2.45.